The highest BCUT2D eigenvalue weighted by Crippen LogP contribution is 2.19. The summed E-state index contributed by atoms with van der Waals surface area (Å²) in [6.45, 7) is 4.92. The van der Waals surface area contributed by atoms with Crippen LogP contribution in [0.1, 0.15) is 11.1 Å². The third-order valence-electron chi connectivity index (χ3n) is 2.66. The molecule has 0 radical (unpaired) electrons. The molecule has 1 saturated heterocycles. The maximum Gasteiger partial charge on any atom is 0.322 e. The van der Waals surface area contributed by atoms with Crippen molar-refractivity contribution in [3.05, 3.63) is 29.3 Å². The number of hydrogen-bond acceptors (Lipinski definition) is 2. The lowest BCUT2D eigenvalue weighted by atomic mass is 10.1. The Morgan fingerprint density at radius 2 is 2.25 bits per heavy atom. The first-order valence-electron chi connectivity index (χ1n) is 5.38. The lowest BCUT2D eigenvalue weighted by molar-refractivity contribution is 0.225. The Hall–Kier alpha value is -1.16. The van der Waals surface area contributed by atoms with Crippen molar-refractivity contribution in [3.8, 4) is 0 Å². The highest BCUT2D eigenvalue weighted by molar-refractivity contribution is 7.99. The Morgan fingerprint density at radius 3 is 2.88 bits per heavy atom. The summed E-state index contributed by atoms with van der Waals surface area (Å²) in [5, 5.41) is 2.95. The Bertz CT molecular complexity index is 400. The number of rotatable bonds is 1. The fourth-order valence-corrected chi connectivity index (χ4v) is 2.67. The van der Waals surface area contributed by atoms with Gasteiger partial charge < -0.3 is 10.2 Å². The monoisotopic (exact) mass is 236 g/mol. The summed E-state index contributed by atoms with van der Waals surface area (Å²) in [6, 6.07) is 6.07. The van der Waals surface area contributed by atoms with Crippen LogP contribution in [0.5, 0.6) is 0 Å². The van der Waals surface area contributed by atoms with Gasteiger partial charge in [-0.15, -0.1) is 11.8 Å². The van der Waals surface area contributed by atoms with Crippen molar-refractivity contribution in [1.29, 1.82) is 0 Å². The molecule has 0 spiro atoms. The third kappa shape index (κ3) is 2.50. The molecule has 86 valence electrons. The van der Waals surface area contributed by atoms with Crippen LogP contribution < -0.4 is 5.32 Å². The zero-order chi connectivity index (χ0) is 11.5. The van der Waals surface area contributed by atoms with Gasteiger partial charge in [0.2, 0.25) is 0 Å². The van der Waals surface area contributed by atoms with Crippen LogP contribution in [0, 0.1) is 13.8 Å². The molecule has 2 rings (SSSR count). The standard InChI is InChI=1S/C12H16N2OS/c1-9-3-4-11(10(2)7-9)13-12(15)14-5-6-16-8-14/h3-4,7H,5-6,8H2,1-2H3,(H,13,15). The third-order valence-corrected chi connectivity index (χ3v) is 3.63. The molecule has 1 fully saturated rings. The molecular weight excluding hydrogens is 220 g/mol. The lowest BCUT2D eigenvalue weighted by Gasteiger charge is -2.16. The van der Waals surface area contributed by atoms with Gasteiger partial charge in [-0.2, -0.15) is 0 Å². The minimum absolute atomic E-state index is 0.0111. The first kappa shape index (κ1) is 11.3. The molecule has 1 aromatic rings. The Labute approximate surface area is 100 Å². The van der Waals surface area contributed by atoms with E-state index >= 15 is 0 Å². The summed E-state index contributed by atoms with van der Waals surface area (Å²) in [5.74, 6) is 1.84. The van der Waals surface area contributed by atoms with Crippen molar-refractivity contribution in [2.24, 2.45) is 0 Å². The van der Waals surface area contributed by atoms with E-state index in [9.17, 15) is 4.79 Å². The average molecular weight is 236 g/mol. The van der Waals surface area contributed by atoms with E-state index < -0.39 is 0 Å². The Kier molecular flexibility index (Phi) is 3.39. The van der Waals surface area contributed by atoms with E-state index in [4.69, 9.17) is 0 Å². The van der Waals surface area contributed by atoms with Crippen LogP contribution in [0.25, 0.3) is 0 Å². The molecule has 0 aromatic heterocycles. The van der Waals surface area contributed by atoms with Gasteiger partial charge in [0.05, 0.1) is 5.88 Å². The van der Waals surface area contributed by atoms with Gasteiger partial charge in [0.15, 0.2) is 0 Å². The normalized spacial score (nSPS) is 15.2. The number of anilines is 1. The van der Waals surface area contributed by atoms with E-state index in [1.54, 1.807) is 11.8 Å². The number of nitrogens with zero attached hydrogens (tertiary/aromatic N) is 1. The molecule has 3 nitrogen and oxygen atoms in total. The summed E-state index contributed by atoms with van der Waals surface area (Å²) in [4.78, 5) is 13.7. The number of carbonyl (C=O) groups excluding carboxylic acids is 1. The van der Waals surface area contributed by atoms with Gasteiger partial charge in [0.25, 0.3) is 0 Å². The number of nitrogens with one attached hydrogen (secondary N) is 1. The lowest BCUT2D eigenvalue weighted by Crippen LogP contribution is -2.32. The maximum absolute atomic E-state index is 11.9. The van der Waals surface area contributed by atoms with E-state index in [0.29, 0.717) is 0 Å². The van der Waals surface area contributed by atoms with Gasteiger partial charge in [-0.3, -0.25) is 0 Å². The number of urea groups is 1. The van der Waals surface area contributed by atoms with Gasteiger partial charge in [-0.05, 0) is 25.5 Å². The van der Waals surface area contributed by atoms with Crippen LogP contribution >= 0.6 is 11.8 Å². The van der Waals surface area contributed by atoms with Crippen molar-refractivity contribution in [2.75, 3.05) is 23.5 Å². The van der Waals surface area contributed by atoms with E-state index in [0.717, 1.165) is 29.4 Å². The van der Waals surface area contributed by atoms with E-state index in [-0.39, 0.29) is 6.03 Å². The van der Waals surface area contributed by atoms with Crippen LogP contribution in [0.15, 0.2) is 18.2 Å². The number of thioether (sulfide) groups is 1. The summed E-state index contributed by atoms with van der Waals surface area (Å²) in [6.07, 6.45) is 0. The van der Waals surface area contributed by atoms with Crippen LogP contribution in [-0.4, -0.2) is 29.1 Å². The topological polar surface area (TPSA) is 32.3 Å². The molecule has 0 unspecified atom stereocenters. The van der Waals surface area contributed by atoms with Gasteiger partial charge in [-0.1, -0.05) is 17.7 Å². The van der Waals surface area contributed by atoms with Crippen molar-refractivity contribution < 1.29 is 4.79 Å². The molecule has 2 amide bonds. The van der Waals surface area contributed by atoms with Crippen molar-refractivity contribution in [3.63, 3.8) is 0 Å². The fourth-order valence-electron chi connectivity index (χ4n) is 1.72. The smallest absolute Gasteiger partial charge is 0.314 e. The van der Waals surface area contributed by atoms with Gasteiger partial charge in [0.1, 0.15) is 0 Å². The number of benzene rings is 1. The number of aryl methyl sites for hydroxylation is 2. The van der Waals surface area contributed by atoms with Crippen LogP contribution in [0.3, 0.4) is 0 Å². The van der Waals surface area contributed by atoms with E-state index in [1.165, 1.54) is 5.56 Å². The summed E-state index contributed by atoms with van der Waals surface area (Å²) >= 11 is 1.79. The highest BCUT2D eigenvalue weighted by atomic mass is 32.2. The zero-order valence-electron chi connectivity index (χ0n) is 9.62. The zero-order valence-corrected chi connectivity index (χ0v) is 10.4. The molecule has 16 heavy (non-hydrogen) atoms. The second-order valence-corrected chi connectivity index (χ2v) is 5.12. The second kappa shape index (κ2) is 4.78. The Morgan fingerprint density at radius 1 is 1.44 bits per heavy atom. The molecule has 0 atom stereocenters. The average Bonchev–Trinajstić information content (AvgIpc) is 2.75. The molecule has 1 N–H and O–H groups in total. The number of hydrogen-bond donors (Lipinski definition) is 1. The molecule has 0 bridgehead atoms. The summed E-state index contributed by atoms with van der Waals surface area (Å²) < 4.78 is 0. The van der Waals surface area contributed by atoms with Gasteiger partial charge in [0, 0.05) is 18.0 Å². The van der Waals surface area contributed by atoms with E-state index in [1.807, 2.05) is 24.0 Å². The molecule has 0 saturated carbocycles. The SMILES string of the molecule is Cc1ccc(NC(=O)N2CCSC2)c(C)c1. The minimum atomic E-state index is 0.0111. The summed E-state index contributed by atoms with van der Waals surface area (Å²) in [5.41, 5.74) is 3.24. The van der Waals surface area contributed by atoms with Crippen LogP contribution in [0.2, 0.25) is 0 Å². The maximum atomic E-state index is 11.9. The first-order valence-corrected chi connectivity index (χ1v) is 6.53. The first-order chi connectivity index (χ1) is 7.66. The second-order valence-electron chi connectivity index (χ2n) is 4.05. The Balaban J connectivity index is 2.05. The van der Waals surface area contributed by atoms with Crippen molar-refractivity contribution in [1.82, 2.24) is 4.90 Å². The van der Waals surface area contributed by atoms with Crippen LogP contribution in [0.4, 0.5) is 10.5 Å². The quantitative estimate of drug-likeness (QED) is 0.813. The largest absolute Gasteiger partial charge is 0.322 e. The molecule has 1 heterocycles. The predicted molar refractivity (Wildman–Crippen MR) is 69.0 cm³/mol. The summed E-state index contributed by atoms with van der Waals surface area (Å²) in [7, 11) is 0. The molecule has 1 aromatic carbocycles. The van der Waals surface area contributed by atoms with Crippen LogP contribution in [-0.2, 0) is 0 Å². The molecule has 0 aliphatic carbocycles. The molecule has 1 aliphatic rings. The predicted octanol–water partition coefficient (Wildman–Crippen LogP) is 2.84. The van der Waals surface area contributed by atoms with E-state index in [2.05, 4.69) is 18.3 Å². The number of amides is 2. The fraction of sp³-hybridized carbons (Fsp3) is 0.417. The van der Waals surface area contributed by atoms with Gasteiger partial charge in [-0.25, -0.2) is 4.79 Å². The van der Waals surface area contributed by atoms with Crippen molar-refractivity contribution >= 4 is 23.5 Å². The molecule has 1 aliphatic heterocycles. The van der Waals surface area contributed by atoms with Crippen molar-refractivity contribution in [2.45, 2.75) is 13.8 Å². The number of carbonyl (C=O) groups is 1. The minimum Gasteiger partial charge on any atom is -0.314 e. The highest BCUT2D eigenvalue weighted by Gasteiger charge is 2.18. The van der Waals surface area contributed by atoms with Gasteiger partial charge >= 0.3 is 6.03 Å². The molecule has 4 heteroatoms. The molecular formula is C12H16N2OS.